The molecule has 3 N–H and O–H groups in total. The molecule has 4 nitrogen and oxygen atoms in total. The number of pyridine rings is 2. The van der Waals surface area contributed by atoms with E-state index in [-0.39, 0.29) is 5.82 Å². The van der Waals surface area contributed by atoms with E-state index in [1.165, 1.54) is 18.0 Å². The first kappa shape index (κ1) is 17.1. The van der Waals surface area contributed by atoms with E-state index in [0.29, 0.717) is 28.3 Å². The summed E-state index contributed by atoms with van der Waals surface area (Å²) in [6.45, 7) is 0. The van der Waals surface area contributed by atoms with Gasteiger partial charge in [0.1, 0.15) is 22.5 Å². The number of nitrogens with zero attached hydrogens (tertiary/aromatic N) is 2. The largest absolute Gasteiger partial charge is 0.384 e. The molecule has 0 bridgehead atoms. The summed E-state index contributed by atoms with van der Waals surface area (Å²) in [4.78, 5) is 8.86. The zero-order valence-corrected chi connectivity index (χ0v) is 15.3. The molecule has 26 heavy (non-hydrogen) atoms. The molecule has 2 heterocycles. The number of rotatable bonds is 5. The van der Waals surface area contributed by atoms with Crippen molar-refractivity contribution in [2.24, 2.45) is 0 Å². The van der Waals surface area contributed by atoms with Crippen molar-refractivity contribution in [2.45, 2.75) is 23.8 Å². The van der Waals surface area contributed by atoms with Crippen LogP contribution in [0.4, 0.5) is 16.0 Å². The van der Waals surface area contributed by atoms with Crippen molar-refractivity contribution in [3.05, 3.63) is 64.9 Å². The number of nitrogen functional groups attached to an aromatic ring is 1. The fourth-order valence-electron chi connectivity index (χ4n) is 2.76. The van der Waals surface area contributed by atoms with Crippen LogP contribution in [0.15, 0.2) is 53.6 Å². The van der Waals surface area contributed by atoms with Crippen LogP contribution in [0, 0.1) is 5.82 Å². The zero-order valence-electron chi connectivity index (χ0n) is 13.7. The molecule has 4 rings (SSSR count). The van der Waals surface area contributed by atoms with Gasteiger partial charge in [-0.15, -0.1) is 0 Å². The molecule has 7 heteroatoms. The lowest BCUT2D eigenvalue weighted by Gasteiger charge is -2.12. The van der Waals surface area contributed by atoms with Gasteiger partial charge in [-0.25, -0.2) is 14.4 Å². The molecule has 3 aromatic rings. The number of nitrogens with one attached hydrogen (secondary N) is 1. The molecule has 0 unspecified atom stereocenters. The van der Waals surface area contributed by atoms with E-state index >= 15 is 0 Å². The first-order chi connectivity index (χ1) is 12.6. The van der Waals surface area contributed by atoms with Crippen molar-refractivity contribution in [2.75, 3.05) is 10.5 Å². The standard InChI is InChI=1S/C19H16ClFN4S/c20-15-8-9-17(25-26-18-3-1-2-16(22)23-18)24-19(15)13-7-6-12(21)10-14(13)11-4-5-11/h1-3,6-11H,4-5H2,(H2,22,23)(H,24,25). The van der Waals surface area contributed by atoms with Crippen LogP contribution in [0.25, 0.3) is 11.3 Å². The third-order valence-electron chi connectivity index (χ3n) is 4.14. The van der Waals surface area contributed by atoms with E-state index in [4.69, 9.17) is 17.3 Å². The first-order valence-corrected chi connectivity index (χ1v) is 9.41. The first-order valence-electron chi connectivity index (χ1n) is 8.22. The Kier molecular flexibility index (Phi) is 4.70. The molecular weight excluding hydrogens is 371 g/mol. The van der Waals surface area contributed by atoms with Crippen LogP contribution >= 0.6 is 23.5 Å². The van der Waals surface area contributed by atoms with Gasteiger partial charge in [-0.2, -0.15) is 0 Å². The lowest BCUT2D eigenvalue weighted by molar-refractivity contribution is 0.625. The fourth-order valence-corrected chi connectivity index (χ4v) is 3.59. The van der Waals surface area contributed by atoms with Gasteiger partial charge >= 0.3 is 0 Å². The molecular formula is C19H16ClFN4S. The number of hydrogen-bond donors (Lipinski definition) is 2. The third kappa shape index (κ3) is 3.76. The van der Waals surface area contributed by atoms with Gasteiger partial charge in [0.15, 0.2) is 0 Å². The second-order valence-corrected chi connectivity index (χ2v) is 7.37. The highest BCUT2D eigenvalue weighted by molar-refractivity contribution is 8.00. The Hall–Kier alpha value is -2.31. The van der Waals surface area contributed by atoms with Crippen LogP contribution in [0.2, 0.25) is 5.02 Å². The van der Waals surface area contributed by atoms with Crippen molar-refractivity contribution >= 4 is 35.2 Å². The smallest absolute Gasteiger partial charge is 0.136 e. The Labute approximate surface area is 160 Å². The second-order valence-electron chi connectivity index (χ2n) is 6.14. The number of anilines is 2. The van der Waals surface area contributed by atoms with Crippen molar-refractivity contribution < 1.29 is 4.39 Å². The average Bonchev–Trinajstić information content (AvgIpc) is 3.46. The van der Waals surface area contributed by atoms with Crippen LogP contribution in [-0.4, -0.2) is 9.97 Å². The van der Waals surface area contributed by atoms with E-state index < -0.39 is 0 Å². The molecule has 132 valence electrons. The monoisotopic (exact) mass is 386 g/mol. The predicted molar refractivity (Wildman–Crippen MR) is 105 cm³/mol. The maximum absolute atomic E-state index is 13.7. The fraction of sp³-hybridized carbons (Fsp3) is 0.158. The van der Waals surface area contributed by atoms with Gasteiger partial charge < -0.3 is 10.5 Å². The Balaban J connectivity index is 1.63. The summed E-state index contributed by atoms with van der Waals surface area (Å²) in [6.07, 6.45) is 2.14. The molecule has 1 saturated carbocycles. The molecule has 1 aliphatic rings. The molecule has 0 saturated heterocycles. The van der Waals surface area contributed by atoms with Crippen LogP contribution in [-0.2, 0) is 0 Å². The molecule has 1 aromatic carbocycles. The molecule has 1 fully saturated rings. The maximum Gasteiger partial charge on any atom is 0.136 e. The Bertz CT molecular complexity index is 962. The summed E-state index contributed by atoms with van der Waals surface area (Å²) in [5, 5.41) is 1.28. The minimum Gasteiger partial charge on any atom is -0.384 e. The molecule has 0 radical (unpaired) electrons. The minimum atomic E-state index is -0.232. The van der Waals surface area contributed by atoms with Crippen LogP contribution in [0.3, 0.4) is 0 Å². The lowest BCUT2D eigenvalue weighted by Crippen LogP contribution is -1.97. The van der Waals surface area contributed by atoms with Gasteiger partial charge in [-0.3, -0.25) is 0 Å². The Morgan fingerprint density at radius 2 is 1.96 bits per heavy atom. The highest BCUT2D eigenvalue weighted by Gasteiger charge is 2.28. The number of hydrogen-bond acceptors (Lipinski definition) is 5. The predicted octanol–water partition coefficient (Wildman–Crippen LogP) is 5.51. The van der Waals surface area contributed by atoms with E-state index in [1.54, 1.807) is 30.3 Å². The highest BCUT2D eigenvalue weighted by atomic mass is 35.5. The quantitative estimate of drug-likeness (QED) is 0.565. The molecule has 0 aliphatic heterocycles. The van der Waals surface area contributed by atoms with Crippen LogP contribution < -0.4 is 10.5 Å². The average molecular weight is 387 g/mol. The Morgan fingerprint density at radius 1 is 1.12 bits per heavy atom. The van der Waals surface area contributed by atoms with E-state index in [0.717, 1.165) is 29.0 Å². The van der Waals surface area contributed by atoms with Gasteiger partial charge in [0.2, 0.25) is 0 Å². The SMILES string of the molecule is Nc1cccc(SNc2ccc(Cl)c(-c3ccc(F)cc3C3CC3)n2)n1. The maximum atomic E-state index is 13.7. The van der Waals surface area contributed by atoms with Gasteiger partial charge in [0, 0.05) is 17.5 Å². The normalized spacial score (nSPS) is 13.6. The number of halogens is 2. The molecule has 0 spiro atoms. The number of aromatic nitrogens is 2. The summed E-state index contributed by atoms with van der Waals surface area (Å²) in [7, 11) is 0. The van der Waals surface area contributed by atoms with Crippen molar-refractivity contribution in [1.82, 2.24) is 9.97 Å². The highest BCUT2D eigenvalue weighted by Crippen LogP contribution is 2.45. The van der Waals surface area contributed by atoms with E-state index in [9.17, 15) is 4.39 Å². The summed E-state index contributed by atoms with van der Waals surface area (Å²) in [5.41, 5.74) is 8.20. The summed E-state index contributed by atoms with van der Waals surface area (Å²) < 4.78 is 16.8. The lowest BCUT2D eigenvalue weighted by atomic mass is 10.00. The molecule has 1 aliphatic carbocycles. The van der Waals surface area contributed by atoms with Crippen molar-refractivity contribution in [1.29, 1.82) is 0 Å². The molecule has 0 atom stereocenters. The summed E-state index contributed by atoms with van der Waals surface area (Å²) in [6, 6.07) is 13.8. The van der Waals surface area contributed by atoms with Crippen LogP contribution in [0.1, 0.15) is 24.3 Å². The second kappa shape index (κ2) is 7.13. The van der Waals surface area contributed by atoms with Crippen molar-refractivity contribution in [3.63, 3.8) is 0 Å². The number of benzene rings is 1. The summed E-state index contributed by atoms with van der Waals surface area (Å²) >= 11 is 7.70. The Morgan fingerprint density at radius 3 is 2.73 bits per heavy atom. The molecule has 0 amide bonds. The number of nitrogens with two attached hydrogens (primary N) is 1. The van der Waals surface area contributed by atoms with Gasteiger partial charge in [-0.05, 0) is 66.8 Å². The van der Waals surface area contributed by atoms with Gasteiger partial charge in [0.25, 0.3) is 0 Å². The third-order valence-corrected chi connectivity index (χ3v) is 5.19. The van der Waals surface area contributed by atoms with E-state index in [2.05, 4.69) is 14.7 Å². The minimum absolute atomic E-state index is 0.232. The van der Waals surface area contributed by atoms with E-state index in [1.807, 2.05) is 12.1 Å². The van der Waals surface area contributed by atoms with Crippen molar-refractivity contribution in [3.8, 4) is 11.3 Å². The van der Waals surface area contributed by atoms with Gasteiger partial charge in [0.05, 0.1) is 10.7 Å². The zero-order chi connectivity index (χ0) is 18.1. The van der Waals surface area contributed by atoms with Gasteiger partial charge in [-0.1, -0.05) is 17.7 Å². The van der Waals surface area contributed by atoms with Crippen LogP contribution in [0.5, 0.6) is 0 Å². The summed E-state index contributed by atoms with van der Waals surface area (Å²) in [5.74, 6) is 1.26. The molecule has 2 aromatic heterocycles. The topological polar surface area (TPSA) is 63.8 Å².